The van der Waals surface area contributed by atoms with E-state index in [1.807, 2.05) is 0 Å². The lowest BCUT2D eigenvalue weighted by atomic mass is 10.0. The smallest absolute Gasteiger partial charge is 0.404 e. The van der Waals surface area contributed by atoms with Crippen molar-refractivity contribution in [2.45, 2.75) is 104 Å². The fraction of sp³-hybridized carbons (Fsp3) is 0.895. The predicted molar refractivity (Wildman–Crippen MR) is 101 cm³/mol. The maximum Gasteiger partial charge on any atom is 0.404 e. The molecule has 0 rings (SSSR count). The van der Waals surface area contributed by atoms with Crippen LogP contribution in [0.5, 0.6) is 0 Å². The van der Waals surface area contributed by atoms with Crippen LogP contribution in [-0.4, -0.2) is 18.6 Å². The van der Waals surface area contributed by atoms with E-state index in [0.717, 1.165) is 25.7 Å². The highest BCUT2D eigenvalue weighted by molar-refractivity contribution is 5.73. The van der Waals surface area contributed by atoms with E-state index in [0.29, 0.717) is 13.0 Å². The van der Waals surface area contributed by atoms with Crippen molar-refractivity contribution in [1.29, 1.82) is 0 Å². The molecule has 0 atom stereocenters. The molecule has 0 aromatic carbocycles. The van der Waals surface area contributed by atoms with E-state index in [1.165, 1.54) is 64.2 Å². The van der Waals surface area contributed by atoms with Crippen molar-refractivity contribution in [3.8, 4) is 0 Å². The van der Waals surface area contributed by atoms with Crippen LogP contribution in [0.3, 0.4) is 0 Å². The van der Waals surface area contributed by atoms with E-state index in [2.05, 4.69) is 4.74 Å². The molecule has 0 fully saturated rings. The highest BCUT2D eigenvalue weighted by atomic mass is 16.5. The van der Waals surface area contributed by atoms with Crippen LogP contribution < -0.4 is 11.5 Å². The average molecular weight is 345 g/mol. The van der Waals surface area contributed by atoms with Crippen molar-refractivity contribution in [2.75, 3.05) is 6.61 Å². The summed E-state index contributed by atoms with van der Waals surface area (Å²) in [6.07, 6.45) is 17.0. The van der Waals surface area contributed by atoms with Crippen molar-refractivity contribution >= 4 is 12.0 Å². The Bertz CT molecular complexity index is 268. The van der Waals surface area contributed by atoms with Gasteiger partial charge < -0.3 is 16.2 Å². The Hall–Kier alpha value is -1.26. The minimum absolute atomic E-state index is 0. The number of unbranched alkanes of at least 4 members (excludes halogenated alkanes) is 13. The molecule has 0 aromatic heterocycles. The third kappa shape index (κ3) is 23.0. The molecule has 144 valence electrons. The largest absolute Gasteiger partial charge is 0.450 e. The third-order valence-electron chi connectivity index (χ3n) is 4.06. The van der Waals surface area contributed by atoms with Gasteiger partial charge in [0.25, 0.3) is 0 Å². The van der Waals surface area contributed by atoms with E-state index >= 15 is 0 Å². The summed E-state index contributed by atoms with van der Waals surface area (Å²) in [5.41, 5.74) is 9.99. The SMILES string of the molecule is C.NC(=O)CCCCCCCCCCCCCCCCOC(N)=O. The summed E-state index contributed by atoms with van der Waals surface area (Å²) in [6.45, 7) is 0.456. The maximum absolute atomic E-state index is 10.6. The maximum atomic E-state index is 10.6. The van der Waals surface area contributed by atoms with Gasteiger partial charge in [0.1, 0.15) is 0 Å². The first-order chi connectivity index (χ1) is 11.1. The van der Waals surface area contributed by atoms with E-state index in [4.69, 9.17) is 11.5 Å². The van der Waals surface area contributed by atoms with Crippen molar-refractivity contribution in [3.63, 3.8) is 0 Å². The van der Waals surface area contributed by atoms with E-state index in [9.17, 15) is 9.59 Å². The third-order valence-corrected chi connectivity index (χ3v) is 4.06. The van der Waals surface area contributed by atoms with Gasteiger partial charge in [-0.2, -0.15) is 0 Å². The molecular formula is C19H40N2O3. The summed E-state index contributed by atoms with van der Waals surface area (Å²) in [5, 5.41) is 0. The quantitative estimate of drug-likeness (QED) is 0.361. The van der Waals surface area contributed by atoms with Crippen LogP contribution in [0.25, 0.3) is 0 Å². The number of hydrogen-bond acceptors (Lipinski definition) is 3. The summed E-state index contributed by atoms with van der Waals surface area (Å²) >= 11 is 0. The Morgan fingerprint density at radius 1 is 0.583 bits per heavy atom. The summed E-state index contributed by atoms with van der Waals surface area (Å²) in [7, 11) is 0. The van der Waals surface area contributed by atoms with Crippen LogP contribution in [0.15, 0.2) is 0 Å². The predicted octanol–water partition coefficient (Wildman–Crippen LogP) is 5.05. The molecular weight excluding hydrogens is 304 g/mol. The topological polar surface area (TPSA) is 95.4 Å². The first kappa shape index (κ1) is 25.0. The normalized spacial score (nSPS) is 10.2. The molecule has 4 N–H and O–H groups in total. The minimum atomic E-state index is -0.671. The number of ether oxygens (including phenoxy) is 1. The van der Waals surface area contributed by atoms with E-state index in [-0.39, 0.29) is 13.3 Å². The number of carbonyl (C=O) groups excluding carboxylic acids is 2. The summed E-state index contributed by atoms with van der Waals surface area (Å²) < 4.78 is 4.68. The molecule has 0 unspecified atom stereocenters. The van der Waals surface area contributed by atoms with Crippen LogP contribution in [0.4, 0.5) is 4.79 Å². The van der Waals surface area contributed by atoms with Gasteiger partial charge in [-0.1, -0.05) is 84.5 Å². The molecule has 5 nitrogen and oxygen atoms in total. The lowest BCUT2D eigenvalue weighted by molar-refractivity contribution is -0.118. The zero-order valence-corrected chi connectivity index (χ0v) is 14.7. The molecule has 0 aliphatic rings. The number of rotatable bonds is 17. The van der Waals surface area contributed by atoms with Crippen molar-refractivity contribution < 1.29 is 14.3 Å². The lowest BCUT2D eigenvalue weighted by Crippen LogP contribution is -2.13. The molecule has 0 aliphatic heterocycles. The van der Waals surface area contributed by atoms with Crippen molar-refractivity contribution in [3.05, 3.63) is 0 Å². The summed E-state index contributed by atoms with van der Waals surface area (Å²) in [6, 6.07) is 0. The summed E-state index contributed by atoms with van der Waals surface area (Å²) in [5.74, 6) is -0.177. The molecule has 5 heteroatoms. The highest BCUT2D eigenvalue weighted by Gasteiger charge is 1.97. The first-order valence-electron chi connectivity index (χ1n) is 9.33. The molecule has 24 heavy (non-hydrogen) atoms. The summed E-state index contributed by atoms with van der Waals surface area (Å²) in [4.78, 5) is 20.9. The number of carbonyl (C=O) groups is 2. The number of amides is 2. The average Bonchev–Trinajstić information content (AvgIpc) is 2.49. The Kier molecular flexibility index (Phi) is 20.6. The molecule has 2 amide bonds. The fourth-order valence-corrected chi connectivity index (χ4v) is 2.70. The molecule has 0 aliphatic carbocycles. The Labute approximate surface area is 148 Å². The Balaban J connectivity index is 0. The standard InChI is InChI=1S/C18H36N2O3.CH4/c19-17(21)15-13-11-9-7-5-3-1-2-4-6-8-10-12-14-16-23-18(20)22;/h1-16H2,(H2,19,21)(H2,20,22);1H4. The van der Waals surface area contributed by atoms with E-state index in [1.54, 1.807) is 0 Å². The van der Waals surface area contributed by atoms with Gasteiger partial charge in [-0.25, -0.2) is 4.79 Å². The number of primary amides is 2. The second-order valence-electron chi connectivity index (χ2n) is 6.33. The number of nitrogens with two attached hydrogens (primary N) is 2. The van der Waals surface area contributed by atoms with Crippen LogP contribution in [-0.2, 0) is 9.53 Å². The number of hydrogen-bond donors (Lipinski definition) is 2. The second kappa shape index (κ2) is 19.8. The van der Waals surface area contributed by atoms with Crippen LogP contribution in [0.1, 0.15) is 104 Å². The van der Waals surface area contributed by atoms with Gasteiger partial charge in [-0.15, -0.1) is 0 Å². The molecule has 0 saturated heterocycles. The molecule has 0 bridgehead atoms. The van der Waals surface area contributed by atoms with Gasteiger partial charge >= 0.3 is 6.09 Å². The molecule has 0 radical (unpaired) electrons. The fourth-order valence-electron chi connectivity index (χ4n) is 2.70. The monoisotopic (exact) mass is 344 g/mol. The van der Waals surface area contributed by atoms with E-state index < -0.39 is 6.09 Å². The first-order valence-corrected chi connectivity index (χ1v) is 9.33. The molecule has 0 spiro atoms. The van der Waals surface area contributed by atoms with Crippen LogP contribution in [0.2, 0.25) is 0 Å². The molecule has 0 heterocycles. The second-order valence-corrected chi connectivity index (χ2v) is 6.33. The Morgan fingerprint density at radius 2 is 0.917 bits per heavy atom. The van der Waals surface area contributed by atoms with Gasteiger partial charge in [0.15, 0.2) is 0 Å². The van der Waals surface area contributed by atoms with Gasteiger partial charge in [0.05, 0.1) is 6.61 Å². The van der Waals surface area contributed by atoms with Gasteiger partial charge in [0, 0.05) is 6.42 Å². The van der Waals surface area contributed by atoms with Crippen molar-refractivity contribution in [2.24, 2.45) is 11.5 Å². The lowest BCUT2D eigenvalue weighted by Gasteiger charge is -2.03. The van der Waals surface area contributed by atoms with Crippen LogP contribution in [0, 0.1) is 0 Å². The van der Waals surface area contributed by atoms with Gasteiger partial charge in [-0.05, 0) is 12.8 Å². The van der Waals surface area contributed by atoms with Crippen molar-refractivity contribution in [1.82, 2.24) is 0 Å². The van der Waals surface area contributed by atoms with Gasteiger partial charge in [-0.3, -0.25) is 4.79 Å². The highest BCUT2D eigenvalue weighted by Crippen LogP contribution is 2.13. The van der Waals surface area contributed by atoms with Gasteiger partial charge in [0.2, 0.25) is 5.91 Å². The van der Waals surface area contributed by atoms with Crippen LogP contribution >= 0.6 is 0 Å². The zero-order chi connectivity index (χ0) is 17.2. The minimum Gasteiger partial charge on any atom is -0.450 e. The zero-order valence-electron chi connectivity index (χ0n) is 14.7. The Morgan fingerprint density at radius 3 is 1.25 bits per heavy atom. The molecule has 0 saturated carbocycles. The molecule has 0 aromatic rings.